The molecule has 5 heteroatoms. The van der Waals surface area contributed by atoms with Crippen molar-refractivity contribution in [3.8, 4) is 11.3 Å². The molecule has 110 valence electrons. The van der Waals surface area contributed by atoms with Gasteiger partial charge in [-0.15, -0.1) is 0 Å². The SMILES string of the molecule is O=C(Nc1ccccc1)c1ccc(-c2ccc(F)c(F)c2)o1. The maximum absolute atomic E-state index is 13.2. The van der Waals surface area contributed by atoms with Gasteiger partial charge in [0.25, 0.3) is 5.91 Å². The summed E-state index contributed by atoms with van der Waals surface area (Å²) in [5, 5.41) is 2.68. The van der Waals surface area contributed by atoms with Gasteiger partial charge in [0.15, 0.2) is 17.4 Å². The van der Waals surface area contributed by atoms with E-state index in [4.69, 9.17) is 4.42 Å². The van der Waals surface area contributed by atoms with E-state index in [1.807, 2.05) is 6.07 Å². The second-order valence-corrected chi connectivity index (χ2v) is 4.61. The zero-order chi connectivity index (χ0) is 15.5. The molecule has 1 amide bonds. The molecule has 0 aliphatic rings. The summed E-state index contributed by atoms with van der Waals surface area (Å²) >= 11 is 0. The van der Waals surface area contributed by atoms with E-state index in [9.17, 15) is 13.6 Å². The molecule has 0 atom stereocenters. The van der Waals surface area contributed by atoms with Crippen LogP contribution in [0.25, 0.3) is 11.3 Å². The molecule has 22 heavy (non-hydrogen) atoms. The van der Waals surface area contributed by atoms with Gasteiger partial charge in [-0.2, -0.15) is 0 Å². The fourth-order valence-corrected chi connectivity index (χ4v) is 1.98. The van der Waals surface area contributed by atoms with Crippen molar-refractivity contribution in [3.63, 3.8) is 0 Å². The van der Waals surface area contributed by atoms with Crippen LogP contribution in [-0.2, 0) is 0 Å². The van der Waals surface area contributed by atoms with Gasteiger partial charge in [-0.25, -0.2) is 8.78 Å². The minimum atomic E-state index is -0.968. The van der Waals surface area contributed by atoms with Gasteiger partial charge >= 0.3 is 0 Å². The number of amides is 1. The Morgan fingerprint density at radius 2 is 1.68 bits per heavy atom. The van der Waals surface area contributed by atoms with Crippen molar-refractivity contribution < 1.29 is 18.0 Å². The quantitative estimate of drug-likeness (QED) is 0.775. The zero-order valence-electron chi connectivity index (χ0n) is 11.3. The van der Waals surface area contributed by atoms with Crippen LogP contribution in [0.4, 0.5) is 14.5 Å². The highest BCUT2D eigenvalue weighted by Gasteiger charge is 2.13. The van der Waals surface area contributed by atoms with Crippen LogP contribution >= 0.6 is 0 Å². The molecule has 0 fully saturated rings. The number of rotatable bonds is 3. The average Bonchev–Trinajstić information content (AvgIpc) is 3.01. The molecular formula is C17H11F2NO2. The third kappa shape index (κ3) is 2.88. The topological polar surface area (TPSA) is 42.2 Å². The third-order valence-electron chi connectivity index (χ3n) is 3.07. The van der Waals surface area contributed by atoms with E-state index in [0.29, 0.717) is 11.3 Å². The van der Waals surface area contributed by atoms with Crippen molar-refractivity contribution in [2.75, 3.05) is 5.32 Å². The van der Waals surface area contributed by atoms with Crippen LogP contribution < -0.4 is 5.32 Å². The molecule has 0 saturated heterocycles. The maximum Gasteiger partial charge on any atom is 0.291 e. The summed E-state index contributed by atoms with van der Waals surface area (Å²) in [6, 6.07) is 15.4. The number of anilines is 1. The number of nitrogens with one attached hydrogen (secondary N) is 1. The lowest BCUT2D eigenvalue weighted by molar-refractivity contribution is 0.0997. The van der Waals surface area contributed by atoms with Gasteiger partial charge in [0.05, 0.1) is 0 Å². The zero-order valence-corrected chi connectivity index (χ0v) is 11.3. The van der Waals surface area contributed by atoms with Crippen LogP contribution in [0.3, 0.4) is 0 Å². The molecule has 0 aliphatic carbocycles. The van der Waals surface area contributed by atoms with E-state index in [1.54, 1.807) is 24.3 Å². The fraction of sp³-hybridized carbons (Fsp3) is 0. The average molecular weight is 299 g/mol. The number of hydrogen-bond donors (Lipinski definition) is 1. The van der Waals surface area contributed by atoms with Crippen molar-refractivity contribution in [3.05, 3.63) is 78.1 Å². The molecule has 0 aliphatic heterocycles. The molecule has 0 bridgehead atoms. The first kappa shape index (κ1) is 14.0. The Labute approximate surface area is 125 Å². The second kappa shape index (κ2) is 5.81. The Bertz CT molecular complexity index is 813. The molecule has 1 heterocycles. The van der Waals surface area contributed by atoms with Crippen LogP contribution in [0.15, 0.2) is 65.1 Å². The van der Waals surface area contributed by atoms with E-state index in [0.717, 1.165) is 12.1 Å². The molecule has 3 aromatic rings. The number of halogens is 2. The molecule has 1 aromatic heterocycles. The van der Waals surface area contributed by atoms with Crippen molar-refractivity contribution in [2.24, 2.45) is 0 Å². The molecule has 0 spiro atoms. The Balaban J connectivity index is 1.81. The smallest absolute Gasteiger partial charge is 0.291 e. The summed E-state index contributed by atoms with van der Waals surface area (Å²) < 4.78 is 31.5. The lowest BCUT2D eigenvalue weighted by atomic mass is 10.1. The van der Waals surface area contributed by atoms with Gasteiger partial charge < -0.3 is 9.73 Å². The molecule has 3 rings (SSSR count). The van der Waals surface area contributed by atoms with Crippen LogP contribution in [0, 0.1) is 11.6 Å². The summed E-state index contributed by atoms with van der Waals surface area (Å²) in [4.78, 5) is 12.0. The number of furan rings is 1. The lowest BCUT2D eigenvalue weighted by Crippen LogP contribution is -2.10. The third-order valence-corrected chi connectivity index (χ3v) is 3.07. The molecule has 0 saturated carbocycles. The van der Waals surface area contributed by atoms with E-state index in [-0.39, 0.29) is 11.5 Å². The lowest BCUT2D eigenvalue weighted by Gasteiger charge is -2.02. The van der Waals surface area contributed by atoms with Crippen molar-refractivity contribution >= 4 is 11.6 Å². The summed E-state index contributed by atoms with van der Waals surface area (Å²) in [5.41, 5.74) is 0.996. The highest BCUT2D eigenvalue weighted by Crippen LogP contribution is 2.24. The summed E-state index contributed by atoms with van der Waals surface area (Å²) in [5.74, 6) is -1.94. The van der Waals surface area contributed by atoms with Gasteiger partial charge in [-0.3, -0.25) is 4.79 Å². The van der Waals surface area contributed by atoms with E-state index in [1.165, 1.54) is 18.2 Å². The predicted molar refractivity (Wildman–Crippen MR) is 78.5 cm³/mol. The number of carbonyl (C=O) groups excluding carboxylic acids is 1. The molecule has 0 radical (unpaired) electrons. The normalized spacial score (nSPS) is 10.5. The highest BCUT2D eigenvalue weighted by molar-refractivity contribution is 6.02. The van der Waals surface area contributed by atoms with Crippen LogP contribution in [0.2, 0.25) is 0 Å². The predicted octanol–water partition coefficient (Wildman–Crippen LogP) is 4.48. The summed E-state index contributed by atoms with van der Waals surface area (Å²) in [7, 11) is 0. The number of hydrogen-bond acceptors (Lipinski definition) is 2. The number of carbonyl (C=O) groups is 1. The first-order valence-electron chi connectivity index (χ1n) is 6.55. The van der Waals surface area contributed by atoms with Gasteiger partial charge in [0, 0.05) is 11.3 Å². The molecular weight excluding hydrogens is 288 g/mol. The Morgan fingerprint density at radius 3 is 2.41 bits per heavy atom. The number of benzene rings is 2. The summed E-state index contributed by atoms with van der Waals surface area (Å²) in [6.07, 6.45) is 0. The Hall–Kier alpha value is -2.95. The first-order chi connectivity index (χ1) is 10.6. The second-order valence-electron chi connectivity index (χ2n) is 4.61. The fourth-order valence-electron chi connectivity index (χ4n) is 1.98. The maximum atomic E-state index is 13.2. The van der Waals surface area contributed by atoms with Crippen molar-refractivity contribution in [1.29, 1.82) is 0 Å². The van der Waals surface area contributed by atoms with Crippen LogP contribution in [-0.4, -0.2) is 5.91 Å². The van der Waals surface area contributed by atoms with Gasteiger partial charge in [0.2, 0.25) is 0 Å². The van der Waals surface area contributed by atoms with Gasteiger partial charge in [-0.1, -0.05) is 18.2 Å². The van der Waals surface area contributed by atoms with Crippen LogP contribution in [0.1, 0.15) is 10.6 Å². The van der Waals surface area contributed by atoms with E-state index < -0.39 is 17.5 Å². The van der Waals surface area contributed by atoms with Crippen LogP contribution in [0.5, 0.6) is 0 Å². The standard InChI is InChI=1S/C17H11F2NO2/c18-13-7-6-11(10-14(13)19)15-8-9-16(22-15)17(21)20-12-4-2-1-3-5-12/h1-10H,(H,20,21). The molecule has 2 aromatic carbocycles. The van der Waals surface area contributed by atoms with E-state index in [2.05, 4.69) is 5.32 Å². The molecule has 1 N–H and O–H groups in total. The van der Waals surface area contributed by atoms with Gasteiger partial charge in [0.1, 0.15) is 5.76 Å². The largest absolute Gasteiger partial charge is 0.451 e. The Morgan fingerprint density at radius 1 is 0.909 bits per heavy atom. The monoisotopic (exact) mass is 299 g/mol. The first-order valence-corrected chi connectivity index (χ1v) is 6.55. The Kier molecular flexibility index (Phi) is 3.70. The summed E-state index contributed by atoms with van der Waals surface area (Å²) in [6.45, 7) is 0. The molecule has 0 unspecified atom stereocenters. The van der Waals surface area contributed by atoms with Crippen molar-refractivity contribution in [1.82, 2.24) is 0 Å². The van der Waals surface area contributed by atoms with Gasteiger partial charge in [-0.05, 0) is 42.5 Å². The van der Waals surface area contributed by atoms with E-state index >= 15 is 0 Å². The molecule has 3 nitrogen and oxygen atoms in total. The number of para-hydroxylation sites is 1. The highest BCUT2D eigenvalue weighted by atomic mass is 19.2. The minimum absolute atomic E-state index is 0.0867. The minimum Gasteiger partial charge on any atom is -0.451 e. The van der Waals surface area contributed by atoms with Crippen molar-refractivity contribution in [2.45, 2.75) is 0 Å².